The molecule has 3 rings (SSSR count). The average Bonchev–Trinajstić information content (AvgIpc) is 2.47. The largest absolute Gasteiger partial charge is 0.253 e. The molecule has 0 aliphatic heterocycles. The summed E-state index contributed by atoms with van der Waals surface area (Å²) in [5, 5.41) is 1.19. The summed E-state index contributed by atoms with van der Waals surface area (Å²) in [6.07, 6.45) is 0.898. The highest BCUT2D eigenvalue weighted by Gasteiger charge is 2.11. The molecule has 1 nitrogen and oxygen atoms in total. The van der Waals surface area contributed by atoms with E-state index in [0.717, 1.165) is 17.6 Å². The lowest BCUT2D eigenvalue weighted by molar-refractivity contribution is 0.905. The summed E-state index contributed by atoms with van der Waals surface area (Å²) in [6, 6.07) is 21.0. The summed E-state index contributed by atoms with van der Waals surface area (Å²) in [6.45, 7) is 2.15. The van der Waals surface area contributed by atoms with E-state index in [0.29, 0.717) is 4.83 Å². The van der Waals surface area contributed by atoms with Gasteiger partial charge < -0.3 is 0 Å². The second kappa shape index (κ2) is 5.76. The molecular formula is C18H16BrN. The van der Waals surface area contributed by atoms with Gasteiger partial charge in [-0.25, -0.2) is 0 Å². The molecule has 1 atom stereocenters. The van der Waals surface area contributed by atoms with Crippen LogP contribution in [0, 0.1) is 6.92 Å². The Morgan fingerprint density at radius 3 is 2.55 bits per heavy atom. The molecule has 0 saturated carbocycles. The van der Waals surface area contributed by atoms with Gasteiger partial charge in [-0.2, -0.15) is 0 Å². The van der Waals surface area contributed by atoms with Crippen molar-refractivity contribution in [1.29, 1.82) is 0 Å². The summed E-state index contributed by atoms with van der Waals surface area (Å²) in [4.78, 5) is 5.04. The van der Waals surface area contributed by atoms with E-state index in [-0.39, 0.29) is 0 Å². The van der Waals surface area contributed by atoms with Crippen molar-refractivity contribution >= 4 is 26.8 Å². The first-order valence-corrected chi connectivity index (χ1v) is 7.70. The zero-order chi connectivity index (χ0) is 13.9. The van der Waals surface area contributed by atoms with Gasteiger partial charge in [0.25, 0.3) is 0 Å². The van der Waals surface area contributed by atoms with E-state index >= 15 is 0 Å². The number of pyridine rings is 1. The van der Waals surface area contributed by atoms with Crippen LogP contribution in [0.2, 0.25) is 0 Å². The Bertz CT molecular complexity index is 736. The lowest BCUT2D eigenvalue weighted by Crippen LogP contribution is -2.00. The number of hydrogen-bond donors (Lipinski definition) is 0. The summed E-state index contributed by atoms with van der Waals surface area (Å²) in [5.74, 6) is 0. The number of aromatic nitrogens is 1. The fourth-order valence-corrected chi connectivity index (χ4v) is 3.30. The Labute approximate surface area is 127 Å². The van der Waals surface area contributed by atoms with Crippen LogP contribution in [0.3, 0.4) is 0 Å². The van der Waals surface area contributed by atoms with Gasteiger partial charge in [-0.15, -0.1) is 0 Å². The number of nitrogens with zero attached hydrogens (tertiary/aromatic N) is 1. The predicted octanol–water partition coefficient (Wildman–Crippen LogP) is 5.22. The molecule has 0 aliphatic rings. The van der Waals surface area contributed by atoms with Crippen LogP contribution in [0.25, 0.3) is 10.9 Å². The van der Waals surface area contributed by atoms with Crippen LogP contribution in [-0.2, 0) is 6.42 Å². The first kappa shape index (κ1) is 13.3. The Morgan fingerprint density at radius 2 is 1.70 bits per heavy atom. The number of rotatable bonds is 3. The number of benzene rings is 2. The molecule has 1 aromatic heterocycles. The van der Waals surface area contributed by atoms with Crippen molar-refractivity contribution in [1.82, 2.24) is 4.98 Å². The summed E-state index contributed by atoms with van der Waals surface area (Å²) >= 11 is 3.80. The maximum atomic E-state index is 4.74. The molecule has 0 aliphatic carbocycles. The molecule has 1 unspecified atom stereocenters. The SMILES string of the molecule is Cc1ccccc1C(Br)Cc1ccc2ccccc2n1. The lowest BCUT2D eigenvalue weighted by Gasteiger charge is -2.13. The lowest BCUT2D eigenvalue weighted by atomic mass is 10.0. The van der Waals surface area contributed by atoms with Crippen LogP contribution in [-0.4, -0.2) is 4.98 Å². The van der Waals surface area contributed by atoms with E-state index in [1.54, 1.807) is 0 Å². The fourth-order valence-electron chi connectivity index (χ4n) is 2.45. The molecule has 1 heterocycles. The Hall–Kier alpha value is -1.67. The number of hydrogen-bond acceptors (Lipinski definition) is 1. The van der Waals surface area contributed by atoms with E-state index in [4.69, 9.17) is 4.98 Å². The summed E-state index contributed by atoms with van der Waals surface area (Å²) < 4.78 is 0. The Morgan fingerprint density at radius 1 is 0.950 bits per heavy atom. The van der Waals surface area contributed by atoms with Gasteiger partial charge in [-0.3, -0.25) is 4.98 Å². The van der Waals surface area contributed by atoms with Crippen molar-refractivity contribution in [3.05, 3.63) is 77.5 Å². The maximum absolute atomic E-state index is 4.74. The molecule has 3 aromatic rings. The van der Waals surface area contributed by atoms with Gasteiger partial charge in [0, 0.05) is 22.3 Å². The molecule has 0 saturated heterocycles. The van der Waals surface area contributed by atoms with Crippen LogP contribution in [0.1, 0.15) is 21.6 Å². The molecule has 0 radical (unpaired) electrons. The van der Waals surface area contributed by atoms with Gasteiger partial charge in [-0.05, 0) is 30.2 Å². The number of fused-ring (bicyclic) bond motifs is 1. The highest BCUT2D eigenvalue weighted by atomic mass is 79.9. The average molecular weight is 326 g/mol. The van der Waals surface area contributed by atoms with E-state index < -0.39 is 0 Å². The zero-order valence-corrected chi connectivity index (χ0v) is 13.0. The molecule has 0 amide bonds. The highest BCUT2D eigenvalue weighted by molar-refractivity contribution is 9.09. The monoisotopic (exact) mass is 325 g/mol. The Balaban J connectivity index is 1.87. The van der Waals surface area contributed by atoms with Crippen LogP contribution in [0.15, 0.2) is 60.7 Å². The fraction of sp³-hybridized carbons (Fsp3) is 0.167. The quantitative estimate of drug-likeness (QED) is 0.601. The van der Waals surface area contributed by atoms with E-state index in [9.17, 15) is 0 Å². The maximum Gasteiger partial charge on any atom is 0.0705 e. The summed E-state index contributed by atoms with van der Waals surface area (Å²) in [5.41, 5.74) is 4.83. The minimum absolute atomic E-state index is 0.303. The molecule has 20 heavy (non-hydrogen) atoms. The van der Waals surface area contributed by atoms with Crippen molar-refractivity contribution in [3.63, 3.8) is 0 Å². The second-order valence-electron chi connectivity index (χ2n) is 5.02. The Kier molecular flexibility index (Phi) is 3.83. The third-order valence-corrected chi connectivity index (χ3v) is 4.39. The number of alkyl halides is 1. The second-order valence-corrected chi connectivity index (χ2v) is 6.13. The highest BCUT2D eigenvalue weighted by Crippen LogP contribution is 2.29. The minimum atomic E-state index is 0.303. The molecule has 0 N–H and O–H groups in total. The van der Waals surface area contributed by atoms with Crippen LogP contribution < -0.4 is 0 Å². The van der Waals surface area contributed by atoms with Gasteiger partial charge in [0.05, 0.1) is 5.52 Å². The van der Waals surface area contributed by atoms with E-state index in [1.165, 1.54) is 16.5 Å². The normalized spacial score (nSPS) is 12.5. The smallest absolute Gasteiger partial charge is 0.0705 e. The van der Waals surface area contributed by atoms with Crippen molar-refractivity contribution < 1.29 is 0 Å². The molecule has 2 heteroatoms. The van der Waals surface area contributed by atoms with Crippen molar-refractivity contribution in [2.24, 2.45) is 0 Å². The summed E-state index contributed by atoms with van der Waals surface area (Å²) in [7, 11) is 0. The third kappa shape index (κ3) is 2.75. The molecule has 2 aromatic carbocycles. The first-order valence-electron chi connectivity index (χ1n) is 6.78. The number of halogens is 1. The van der Waals surface area contributed by atoms with Gasteiger partial charge in [0.2, 0.25) is 0 Å². The molecular weight excluding hydrogens is 310 g/mol. The van der Waals surface area contributed by atoms with Gasteiger partial charge in [0.15, 0.2) is 0 Å². The zero-order valence-electron chi connectivity index (χ0n) is 11.4. The van der Waals surface area contributed by atoms with Crippen LogP contribution in [0.4, 0.5) is 0 Å². The molecule has 0 spiro atoms. The topological polar surface area (TPSA) is 12.9 Å². The van der Waals surface area contributed by atoms with Gasteiger partial charge in [0.1, 0.15) is 0 Å². The predicted molar refractivity (Wildman–Crippen MR) is 88.3 cm³/mol. The molecule has 0 fully saturated rings. The van der Waals surface area contributed by atoms with Gasteiger partial charge in [-0.1, -0.05) is 64.5 Å². The number of para-hydroxylation sites is 1. The van der Waals surface area contributed by atoms with E-state index in [1.807, 2.05) is 12.1 Å². The van der Waals surface area contributed by atoms with Gasteiger partial charge >= 0.3 is 0 Å². The molecule has 0 bridgehead atoms. The minimum Gasteiger partial charge on any atom is -0.253 e. The standard InChI is InChI=1S/C18H16BrN/c1-13-6-2-4-8-16(13)17(19)12-15-11-10-14-7-3-5-9-18(14)20-15/h2-11,17H,12H2,1H3. The van der Waals surface area contributed by atoms with E-state index in [2.05, 4.69) is 71.4 Å². The molecule has 100 valence electrons. The van der Waals surface area contributed by atoms with Crippen molar-refractivity contribution in [2.45, 2.75) is 18.2 Å². The van der Waals surface area contributed by atoms with Crippen molar-refractivity contribution in [2.75, 3.05) is 0 Å². The van der Waals surface area contributed by atoms with Crippen molar-refractivity contribution in [3.8, 4) is 0 Å². The third-order valence-electron chi connectivity index (χ3n) is 3.57. The first-order chi connectivity index (χ1) is 9.74. The van der Waals surface area contributed by atoms with Crippen LogP contribution in [0.5, 0.6) is 0 Å². The van der Waals surface area contributed by atoms with Crippen LogP contribution >= 0.6 is 15.9 Å². The number of aryl methyl sites for hydroxylation is 1.